The number of halogens is 2. The molecular formula is C10H12F2N2O2. The van der Waals surface area contributed by atoms with E-state index in [1.807, 2.05) is 0 Å². The van der Waals surface area contributed by atoms with Crippen LogP contribution in [-0.2, 0) is 10.7 Å². The Hall–Kier alpha value is -1.43. The van der Waals surface area contributed by atoms with E-state index in [1.165, 1.54) is 24.1 Å². The van der Waals surface area contributed by atoms with Crippen LogP contribution in [0.2, 0.25) is 0 Å². The minimum absolute atomic E-state index is 0.0970. The summed E-state index contributed by atoms with van der Waals surface area (Å²) in [7, 11) is 2.93. The first-order valence-electron chi connectivity index (χ1n) is 4.82. The van der Waals surface area contributed by atoms with Crippen molar-refractivity contribution in [1.29, 1.82) is 0 Å². The van der Waals surface area contributed by atoms with Crippen LogP contribution in [-0.4, -0.2) is 31.8 Å². The fraction of sp³-hybridized carbons (Fsp3) is 0.500. The van der Waals surface area contributed by atoms with Crippen molar-refractivity contribution in [2.24, 2.45) is 0 Å². The number of hydrogen-bond donors (Lipinski definition) is 1. The Bertz CT molecular complexity index is 458. The second-order valence-corrected chi connectivity index (χ2v) is 3.79. The fourth-order valence-electron chi connectivity index (χ4n) is 1.97. The van der Waals surface area contributed by atoms with Gasteiger partial charge in [-0.3, -0.25) is 4.79 Å². The second-order valence-electron chi connectivity index (χ2n) is 3.79. The topological polar surface area (TPSA) is 45.3 Å². The molecule has 16 heavy (non-hydrogen) atoms. The van der Waals surface area contributed by atoms with Crippen molar-refractivity contribution in [3.8, 4) is 0 Å². The van der Waals surface area contributed by atoms with Gasteiger partial charge in [-0.2, -0.15) is 8.78 Å². The van der Waals surface area contributed by atoms with E-state index in [0.717, 1.165) is 0 Å². The Morgan fingerprint density at radius 2 is 2.25 bits per heavy atom. The molecule has 1 aromatic heterocycles. The fourth-order valence-corrected chi connectivity index (χ4v) is 1.97. The molecule has 0 unspecified atom stereocenters. The molecule has 0 bridgehead atoms. The number of nitrogens with one attached hydrogen (secondary N) is 1. The molecule has 1 aliphatic rings. The quantitative estimate of drug-likeness (QED) is 0.822. The molecule has 0 amide bonds. The van der Waals surface area contributed by atoms with Gasteiger partial charge in [-0.15, -0.1) is 0 Å². The lowest BCUT2D eigenvalue weighted by molar-refractivity contribution is -0.0460. The molecule has 0 saturated heterocycles. The van der Waals surface area contributed by atoms with E-state index in [-0.39, 0.29) is 12.3 Å². The van der Waals surface area contributed by atoms with E-state index in [1.54, 1.807) is 7.05 Å². The van der Waals surface area contributed by atoms with Crippen LogP contribution in [0.15, 0.2) is 16.9 Å². The average molecular weight is 230 g/mol. The summed E-state index contributed by atoms with van der Waals surface area (Å²) in [5.41, 5.74) is -0.513. The average Bonchev–Trinajstić information content (AvgIpc) is 2.40. The Balaban J connectivity index is 2.53. The lowest BCUT2D eigenvalue weighted by Gasteiger charge is -2.24. The number of hydrogen-bond acceptors (Lipinski definition) is 3. The number of H-pyrrole nitrogens is 1. The highest BCUT2D eigenvalue weighted by atomic mass is 19.3. The lowest BCUT2D eigenvalue weighted by Crippen LogP contribution is -2.41. The molecule has 1 aromatic rings. The Kier molecular flexibility index (Phi) is 2.46. The number of aromatic amines is 1. The smallest absolute Gasteiger partial charge is 0.311 e. The van der Waals surface area contributed by atoms with Gasteiger partial charge in [-0.05, 0) is 6.07 Å². The molecule has 1 aliphatic heterocycles. The molecule has 88 valence electrons. The summed E-state index contributed by atoms with van der Waals surface area (Å²) in [6.45, 7) is -0.0970. The first-order chi connectivity index (χ1) is 7.48. The van der Waals surface area contributed by atoms with Gasteiger partial charge >= 0.3 is 5.92 Å². The largest absolute Gasteiger partial charge is 0.382 e. The molecule has 0 saturated carbocycles. The summed E-state index contributed by atoms with van der Waals surface area (Å²) < 4.78 is 32.6. The number of pyridine rings is 1. The summed E-state index contributed by atoms with van der Waals surface area (Å²) >= 11 is 0. The van der Waals surface area contributed by atoms with Crippen LogP contribution in [0.1, 0.15) is 5.69 Å². The van der Waals surface area contributed by atoms with Crippen LogP contribution >= 0.6 is 0 Å². The lowest BCUT2D eigenvalue weighted by atomic mass is 10.1. The zero-order chi connectivity index (χ0) is 11.9. The second kappa shape index (κ2) is 3.55. The highest BCUT2D eigenvalue weighted by Gasteiger charge is 2.52. The molecule has 0 aliphatic carbocycles. The Morgan fingerprint density at radius 1 is 1.56 bits per heavy atom. The zero-order valence-corrected chi connectivity index (χ0v) is 8.96. The number of methoxy groups -OCH3 is 1. The molecule has 0 spiro atoms. The minimum Gasteiger partial charge on any atom is -0.382 e. The highest BCUT2D eigenvalue weighted by molar-refractivity contribution is 5.58. The van der Waals surface area contributed by atoms with Crippen molar-refractivity contribution in [2.45, 2.75) is 12.0 Å². The van der Waals surface area contributed by atoms with Crippen LogP contribution in [0.3, 0.4) is 0 Å². The molecule has 2 heterocycles. The number of anilines is 1. The Morgan fingerprint density at radius 3 is 2.88 bits per heavy atom. The summed E-state index contributed by atoms with van der Waals surface area (Å²) in [6.07, 6.45) is 0. The third-order valence-corrected chi connectivity index (χ3v) is 2.82. The predicted octanol–water partition coefficient (Wildman–Crippen LogP) is 0.932. The number of fused-ring (bicyclic) bond motifs is 1. The van der Waals surface area contributed by atoms with E-state index >= 15 is 0 Å². The molecule has 0 aromatic carbocycles. The molecule has 4 nitrogen and oxygen atoms in total. The number of aromatic nitrogens is 1. The maximum absolute atomic E-state index is 13.9. The maximum Gasteiger partial charge on any atom is 0.311 e. The summed E-state index contributed by atoms with van der Waals surface area (Å²) in [5.74, 6) is -3.10. The van der Waals surface area contributed by atoms with Gasteiger partial charge in [0.1, 0.15) is 11.7 Å². The minimum atomic E-state index is -3.10. The van der Waals surface area contributed by atoms with Gasteiger partial charge in [0.2, 0.25) is 5.56 Å². The standard InChI is InChI=1S/C10H12F2N2O2/c1-14-6-3-4-8(15)13-9(6)10(11,12)7(14)5-16-2/h3-4,7H,5H2,1-2H3,(H,13,15)/t7-/m1/s1. The van der Waals surface area contributed by atoms with Crippen molar-refractivity contribution >= 4 is 5.69 Å². The van der Waals surface area contributed by atoms with E-state index in [0.29, 0.717) is 5.69 Å². The van der Waals surface area contributed by atoms with Crippen LogP contribution in [0.4, 0.5) is 14.5 Å². The van der Waals surface area contributed by atoms with Gasteiger partial charge in [-0.25, -0.2) is 0 Å². The zero-order valence-electron chi connectivity index (χ0n) is 8.96. The van der Waals surface area contributed by atoms with Gasteiger partial charge < -0.3 is 14.6 Å². The molecule has 1 N–H and O–H groups in total. The monoisotopic (exact) mass is 230 g/mol. The van der Waals surface area contributed by atoms with Gasteiger partial charge in [0.05, 0.1) is 12.3 Å². The number of likely N-dealkylation sites (N-methyl/N-ethyl adjacent to an activating group) is 1. The normalized spacial score (nSPS) is 22.2. The number of alkyl halides is 2. The first-order valence-corrected chi connectivity index (χ1v) is 4.82. The van der Waals surface area contributed by atoms with Crippen LogP contribution < -0.4 is 10.5 Å². The van der Waals surface area contributed by atoms with Gasteiger partial charge in [0, 0.05) is 20.2 Å². The van der Waals surface area contributed by atoms with Gasteiger partial charge in [0.25, 0.3) is 0 Å². The third-order valence-electron chi connectivity index (χ3n) is 2.82. The number of ether oxygens (including phenoxy) is 1. The third kappa shape index (κ3) is 1.41. The van der Waals surface area contributed by atoms with Crippen molar-refractivity contribution in [3.63, 3.8) is 0 Å². The predicted molar refractivity (Wildman–Crippen MR) is 55.0 cm³/mol. The number of nitrogens with zero attached hydrogens (tertiary/aromatic N) is 1. The highest BCUT2D eigenvalue weighted by Crippen LogP contribution is 2.45. The molecular weight excluding hydrogens is 218 g/mol. The van der Waals surface area contributed by atoms with Crippen LogP contribution in [0.5, 0.6) is 0 Å². The number of rotatable bonds is 2. The molecule has 2 rings (SSSR count). The van der Waals surface area contributed by atoms with Crippen molar-refractivity contribution in [3.05, 3.63) is 28.2 Å². The van der Waals surface area contributed by atoms with Gasteiger partial charge in [0.15, 0.2) is 0 Å². The molecule has 0 fully saturated rings. The van der Waals surface area contributed by atoms with Crippen molar-refractivity contribution < 1.29 is 13.5 Å². The van der Waals surface area contributed by atoms with E-state index < -0.39 is 17.5 Å². The van der Waals surface area contributed by atoms with Crippen molar-refractivity contribution in [2.75, 3.05) is 25.7 Å². The summed E-state index contributed by atoms with van der Waals surface area (Å²) in [5, 5.41) is 0. The first kappa shape index (κ1) is 11.1. The molecule has 6 heteroatoms. The van der Waals surface area contributed by atoms with E-state index in [9.17, 15) is 13.6 Å². The molecule has 0 radical (unpaired) electrons. The molecule has 1 atom stereocenters. The van der Waals surface area contributed by atoms with Crippen LogP contribution in [0, 0.1) is 0 Å². The van der Waals surface area contributed by atoms with Crippen LogP contribution in [0.25, 0.3) is 0 Å². The maximum atomic E-state index is 13.9. The summed E-state index contributed by atoms with van der Waals surface area (Å²) in [6, 6.07) is 1.56. The SMILES string of the molecule is COC[C@H]1N(C)c2ccc(=O)[nH]c2C1(F)F. The Labute approximate surface area is 90.8 Å². The van der Waals surface area contributed by atoms with E-state index in [4.69, 9.17) is 4.74 Å². The van der Waals surface area contributed by atoms with E-state index in [2.05, 4.69) is 4.98 Å². The van der Waals surface area contributed by atoms with Gasteiger partial charge in [-0.1, -0.05) is 0 Å². The summed E-state index contributed by atoms with van der Waals surface area (Å²) in [4.78, 5) is 14.7. The van der Waals surface area contributed by atoms with Crippen molar-refractivity contribution in [1.82, 2.24) is 4.98 Å².